The molecule has 1 saturated heterocycles. The first-order valence-electron chi connectivity index (χ1n) is 11.4. The minimum absolute atomic E-state index is 0.124. The number of aliphatic carboxylic acids is 1. The number of anilines is 1. The van der Waals surface area contributed by atoms with Gasteiger partial charge in [0.15, 0.2) is 10.8 Å². The molecule has 0 radical (unpaired) electrons. The number of pyridine rings is 1. The Labute approximate surface area is 223 Å². The van der Waals surface area contributed by atoms with Gasteiger partial charge in [-0.15, -0.1) is 23.1 Å². The van der Waals surface area contributed by atoms with Crippen molar-refractivity contribution < 1.29 is 28.9 Å². The number of β-lactam (4-membered cyclic amide) rings is 1. The lowest BCUT2D eigenvalue weighted by molar-refractivity contribution is -0.662. The van der Waals surface area contributed by atoms with E-state index in [1.54, 1.807) is 39.7 Å². The summed E-state index contributed by atoms with van der Waals surface area (Å²) in [4.78, 5) is 48.7. The number of nitrogen functional groups attached to an aromatic ring is 1. The number of amides is 2. The van der Waals surface area contributed by atoms with E-state index in [1.165, 1.54) is 16.7 Å². The molecule has 4 N–H and O–H groups in total. The van der Waals surface area contributed by atoms with Crippen LogP contribution < -0.4 is 15.6 Å². The van der Waals surface area contributed by atoms with Gasteiger partial charge in [0.25, 0.3) is 17.5 Å². The second-order valence-electron chi connectivity index (χ2n) is 8.23. The van der Waals surface area contributed by atoms with Gasteiger partial charge < -0.3 is 21.0 Å². The number of rotatable bonds is 8. The number of nitrogens with zero attached hydrogens (tertiary/aromatic N) is 6. The number of nitriles is 1. The van der Waals surface area contributed by atoms with Gasteiger partial charge in [0.05, 0.1) is 6.20 Å². The molecule has 0 bridgehead atoms. The highest BCUT2D eigenvalue weighted by Crippen LogP contribution is 2.40. The fraction of sp³-hybridized carbons (Fsp3) is 0.261. The SMILES string of the molecule is CCO/N=C(\C(=O)N[C@@H]1C(=O)N2C(C(=O)O)=C(C[n+]3cc(C#N)n4ccccc43)CS[C@@H]12)c1csc(N)n1. The summed E-state index contributed by atoms with van der Waals surface area (Å²) in [5.74, 6) is -2.17. The van der Waals surface area contributed by atoms with E-state index in [2.05, 4.69) is 21.5 Å². The number of hydrogen-bond acceptors (Lipinski definition) is 10. The molecule has 13 nitrogen and oxygen atoms in total. The largest absolute Gasteiger partial charge is 0.477 e. The summed E-state index contributed by atoms with van der Waals surface area (Å²) < 4.78 is 3.48. The van der Waals surface area contributed by atoms with E-state index in [9.17, 15) is 24.8 Å². The van der Waals surface area contributed by atoms with Gasteiger partial charge in [-0.2, -0.15) is 9.66 Å². The summed E-state index contributed by atoms with van der Waals surface area (Å²) in [6.07, 6.45) is 3.39. The number of thioether (sulfide) groups is 1. The standard InChI is InChI=1S/C23H20N8O5S2/c1-2-36-28-16(14-11-38-23(25)26-14)19(32)27-17-20(33)31-18(22(34)35)12(10-37-21(17)31)8-29-9-13(7-24)30-6-4-3-5-15(29)30/h3-6,9,11,17,21H,2,8,10H2,1H3,(H3-,25,26,27,32,34,35)/p+1/b28-16-/t17-,21+/m1/s1. The molecule has 5 rings (SSSR count). The molecule has 2 aliphatic heterocycles. The molecule has 3 aromatic heterocycles. The number of nitrogens with two attached hydrogens (primary N) is 1. The molecule has 0 saturated carbocycles. The maximum Gasteiger partial charge on any atom is 0.352 e. The van der Waals surface area contributed by atoms with Crippen molar-refractivity contribution in [2.75, 3.05) is 18.1 Å². The van der Waals surface area contributed by atoms with Gasteiger partial charge >= 0.3 is 5.97 Å². The number of nitrogens with one attached hydrogen (secondary N) is 1. The van der Waals surface area contributed by atoms with E-state index in [4.69, 9.17) is 10.6 Å². The third kappa shape index (κ3) is 4.33. The molecule has 2 atom stereocenters. The monoisotopic (exact) mass is 553 g/mol. The van der Waals surface area contributed by atoms with E-state index in [0.29, 0.717) is 22.7 Å². The lowest BCUT2D eigenvalue weighted by Gasteiger charge is -2.49. The molecule has 0 unspecified atom stereocenters. The third-order valence-corrected chi connectivity index (χ3v) is 7.96. The molecule has 5 heterocycles. The number of carbonyl (C=O) groups is 3. The lowest BCUT2D eigenvalue weighted by atomic mass is 10.0. The van der Waals surface area contributed by atoms with Gasteiger partial charge in [0.1, 0.15) is 48.2 Å². The Morgan fingerprint density at radius 1 is 1.45 bits per heavy atom. The van der Waals surface area contributed by atoms with Gasteiger partial charge in [-0.25, -0.2) is 14.3 Å². The Morgan fingerprint density at radius 2 is 2.26 bits per heavy atom. The summed E-state index contributed by atoms with van der Waals surface area (Å²) in [7, 11) is 0. The summed E-state index contributed by atoms with van der Waals surface area (Å²) in [5.41, 5.74) is 7.25. The van der Waals surface area contributed by atoms with Gasteiger partial charge in [-0.05, 0) is 13.0 Å². The zero-order valence-corrected chi connectivity index (χ0v) is 21.5. The number of fused-ring (bicyclic) bond motifs is 2. The second kappa shape index (κ2) is 10.1. The molecule has 1 fully saturated rings. The van der Waals surface area contributed by atoms with E-state index >= 15 is 0 Å². The van der Waals surface area contributed by atoms with E-state index in [-0.39, 0.29) is 35.4 Å². The minimum Gasteiger partial charge on any atom is -0.477 e. The van der Waals surface area contributed by atoms with E-state index < -0.39 is 29.2 Å². The smallest absolute Gasteiger partial charge is 0.352 e. The second-order valence-corrected chi connectivity index (χ2v) is 10.2. The van der Waals surface area contributed by atoms with Crippen LogP contribution in [0.1, 0.15) is 18.3 Å². The van der Waals surface area contributed by atoms with Crippen molar-refractivity contribution >= 4 is 57.4 Å². The van der Waals surface area contributed by atoms with Crippen LogP contribution in [0.3, 0.4) is 0 Å². The van der Waals surface area contributed by atoms with Gasteiger partial charge in [0.2, 0.25) is 5.69 Å². The highest BCUT2D eigenvalue weighted by atomic mass is 32.2. The predicted molar refractivity (Wildman–Crippen MR) is 137 cm³/mol. The Kier molecular flexibility index (Phi) is 6.74. The van der Waals surface area contributed by atoms with Crippen molar-refractivity contribution in [2.45, 2.75) is 24.9 Å². The van der Waals surface area contributed by atoms with E-state index in [0.717, 1.165) is 11.3 Å². The van der Waals surface area contributed by atoms with Crippen molar-refractivity contribution in [1.29, 1.82) is 5.26 Å². The lowest BCUT2D eigenvalue weighted by Crippen LogP contribution is -2.71. The van der Waals surface area contributed by atoms with Crippen molar-refractivity contribution in [1.82, 2.24) is 19.6 Å². The summed E-state index contributed by atoms with van der Waals surface area (Å²) in [6.45, 7) is 2.09. The van der Waals surface area contributed by atoms with Crippen LogP contribution in [0, 0.1) is 11.3 Å². The molecule has 2 aliphatic rings. The van der Waals surface area contributed by atoms with Crippen LogP contribution in [0.15, 0.2) is 52.4 Å². The van der Waals surface area contributed by atoms with E-state index in [1.807, 2.05) is 12.1 Å². The molecule has 0 spiro atoms. The maximum atomic E-state index is 13.1. The first-order valence-corrected chi connectivity index (χ1v) is 13.3. The highest BCUT2D eigenvalue weighted by molar-refractivity contribution is 8.00. The average Bonchev–Trinajstić information content (AvgIpc) is 3.50. The number of carboxylic acid groups (broad SMARTS) is 1. The van der Waals surface area contributed by atoms with Crippen LogP contribution in [0.5, 0.6) is 0 Å². The van der Waals surface area contributed by atoms with Crippen LogP contribution >= 0.6 is 23.1 Å². The topological polar surface area (TPSA) is 179 Å². The number of carbonyl (C=O) groups excluding carboxylic acids is 2. The molecule has 2 amide bonds. The van der Waals surface area contributed by atoms with Gasteiger partial charge in [-0.1, -0.05) is 11.2 Å². The van der Waals surface area contributed by atoms with Gasteiger partial charge in [0, 0.05) is 22.8 Å². The zero-order chi connectivity index (χ0) is 27.0. The van der Waals surface area contributed by atoms with Crippen molar-refractivity contribution in [2.24, 2.45) is 5.16 Å². The third-order valence-electron chi connectivity index (χ3n) is 5.95. The first kappa shape index (κ1) is 25.2. The minimum atomic E-state index is -1.25. The van der Waals surface area contributed by atoms with Crippen molar-refractivity contribution in [3.05, 3.63) is 58.6 Å². The van der Waals surface area contributed by atoms with Gasteiger partial charge in [-0.3, -0.25) is 14.5 Å². The predicted octanol–water partition coefficient (Wildman–Crippen LogP) is 0.317. The van der Waals surface area contributed by atoms with Crippen molar-refractivity contribution in [3.63, 3.8) is 0 Å². The van der Waals surface area contributed by atoms with Crippen LogP contribution in [-0.2, 0) is 25.8 Å². The van der Waals surface area contributed by atoms with Crippen molar-refractivity contribution in [3.8, 4) is 6.07 Å². The average molecular weight is 554 g/mol. The maximum absolute atomic E-state index is 13.1. The quantitative estimate of drug-likeness (QED) is 0.153. The Morgan fingerprint density at radius 3 is 2.95 bits per heavy atom. The normalized spacial score (nSPS) is 19.1. The van der Waals surface area contributed by atoms with Crippen LogP contribution in [0.4, 0.5) is 5.13 Å². The van der Waals surface area contributed by atoms with Crippen LogP contribution in [0.2, 0.25) is 0 Å². The number of aromatic nitrogens is 3. The highest BCUT2D eigenvalue weighted by Gasteiger charge is 2.54. The van der Waals surface area contributed by atoms with Crippen LogP contribution in [-0.4, -0.2) is 66.7 Å². The molecular formula is C23H21N8O5S2+. The number of carboxylic acids is 1. The zero-order valence-electron chi connectivity index (χ0n) is 19.9. The fourth-order valence-corrected chi connectivity index (χ4v) is 6.19. The molecule has 3 aromatic rings. The Balaban J connectivity index is 1.39. The number of imidazole rings is 1. The summed E-state index contributed by atoms with van der Waals surface area (Å²) >= 11 is 2.47. The van der Waals surface area contributed by atoms with Crippen LogP contribution in [0.25, 0.3) is 5.65 Å². The molecular weight excluding hydrogens is 532 g/mol. The summed E-state index contributed by atoms with van der Waals surface area (Å²) in [5, 5.41) is 27.2. The molecule has 0 aliphatic carbocycles. The number of hydrogen-bond donors (Lipinski definition) is 3. The fourth-order valence-electron chi connectivity index (χ4n) is 4.31. The molecule has 15 heteroatoms. The molecule has 194 valence electrons. The first-order chi connectivity index (χ1) is 18.3. The molecule has 38 heavy (non-hydrogen) atoms. The Hall–Kier alpha value is -4.42. The summed E-state index contributed by atoms with van der Waals surface area (Å²) in [6, 6.07) is 6.60. The molecule has 0 aromatic carbocycles. The Bertz CT molecular complexity index is 1570. The number of oxime groups is 1. The number of thiazole rings is 1.